The third-order valence-electron chi connectivity index (χ3n) is 4.05. The summed E-state index contributed by atoms with van der Waals surface area (Å²) in [7, 11) is 0. The highest BCUT2D eigenvalue weighted by molar-refractivity contribution is 5.81. The van der Waals surface area contributed by atoms with Crippen LogP contribution in [0.4, 0.5) is 0 Å². The maximum Gasteiger partial charge on any atom is 0.165 e. The highest BCUT2D eigenvalue weighted by atomic mass is 16.3. The number of H-pyrrole nitrogens is 1. The minimum absolute atomic E-state index is 0.650. The molecule has 6 nitrogen and oxygen atoms in total. The van der Waals surface area contributed by atoms with E-state index in [1.807, 2.05) is 32.9 Å². The number of pyridine rings is 1. The fraction of sp³-hybridized carbons (Fsp3) is 0.400. The van der Waals surface area contributed by atoms with Gasteiger partial charge in [-0.2, -0.15) is 14.9 Å². The molecular weight excluding hydrogens is 266 g/mol. The fourth-order valence-electron chi connectivity index (χ4n) is 2.68. The van der Waals surface area contributed by atoms with Gasteiger partial charge in [0, 0.05) is 17.1 Å². The molecule has 0 radical (unpaired) electrons. The lowest BCUT2D eigenvalue weighted by Gasteiger charge is -2.26. The van der Waals surface area contributed by atoms with Gasteiger partial charge in [-0.05, 0) is 31.4 Å². The van der Waals surface area contributed by atoms with Crippen molar-refractivity contribution < 1.29 is 5.11 Å². The van der Waals surface area contributed by atoms with Crippen LogP contribution < -0.4 is 0 Å². The number of aromatic amines is 1. The first kappa shape index (κ1) is 13.8. The van der Waals surface area contributed by atoms with Crippen LogP contribution in [0.5, 0.6) is 0 Å². The third kappa shape index (κ3) is 2.12. The van der Waals surface area contributed by atoms with Gasteiger partial charge in [-0.1, -0.05) is 13.8 Å². The quantitative estimate of drug-likeness (QED) is 0.771. The molecule has 0 amide bonds. The second-order valence-corrected chi connectivity index (χ2v) is 5.29. The molecule has 3 aromatic heterocycles. The molecule has 2 N–H and O–H groups in total. The summed E-state index contributed by atoms with van der Waals surface area (Å²) < 4.78 is 1.71. The van der Waals surface area contributed by atoms with Crippen molar-refractivity contribution in [2.24, 2.45) is 0 Å². The normalized spacial score (nSPS) is 12.2. The summed E-state index contributed by atoms with van der Waals surface area (Å²) in [5.41, 5.74) is 1.63. The number of nitrogens with one attached hydrogen (secondary N) is 1. The van der Waals surface area contributed by atoms with Crippen molar-refractivity contribution in [1.82, 2.24) is 25.0 Å². The Balaban J connectivity index is 2.29. The number of fused-ring (bicyclic) bond motifs is 1. The summed E-state index contributed by atoms with van der Waals surface area (Å²) in [5.74, 6) is 0.755. The van der Waals surface area contributed by atoms with Gasteiger partial charge in [0.25, 0.3) is 0 Å². The number of hydrogen-bond acceptors (Lipinski definition) is 4. The Bertz CT molecular complexity index is 756. The van der Waals surface area contributed by atoms with Gasteiger partial charge in [0.15, 0.2) is 11.5 Å². The molecule has 0 spiro atoms. The van der Waals surface area contributed by atoms with Crippen molar-refractivity contribution in [3.05, 3.63) is 35.8 Å². The second kappa shape index (κ2) is 4.96. The number of aryl methyl sites for hydroxylation is 1. The van der Waals surface area contributed by atoms with Crippen LogP contribution >= 0.6 is 0 Å². The van der Waals surface area contributed by atoms with E-state index in [-0.39, 0.29) is 0 Å². The van der Waals surface area contributed by atoms with Crippen LogP contribution in [-0.4, -0.2) is 30.1 Å². The minimum Gasteiger partial charge on any atom is -0.385 e. The van der Waals surface area contributed by atoms with E-state index in [4.69, 9.17) is 0 Å². The number of nitrogens with zero attached hydrogens (tertiary/aromatic N) is 4. The predicted octanol–water partition coefficient (Wildman–Crippen LogP) is 2.46. The van der Waals surface area contributed by atoms with Crippen molar-refractivity contribution in [3.8, 4) is 5.82 Å². The maximum atomic E-state index is 10.9. The molecule has 0 atom stereocenters. The average Bonchev–Trinajstić information content (AvgIpc) is 3.13. The third-order valence-corrected chi connectivity index (χ3v) is 4.05. The first-order chi connectivity index (χ1) is 10.1. The summed E-state index contributed by atoms with van der Waals surface area (Å²) in [6.45, 7) is 5.91. The molecule has 0 aromatic carbocycles. The zero-order valence-electron chi connectivity index (χ0n) is 12.5. The molecule has 3 heterocycles. The lowest BCUT2D eigenvalue weighted by Crippen LogP contribution is -2.24. The van der Waals surface area contributed by atoms with E-state index in [9.17, 15) is 5.11 Å². The van der Waals surface area contributed by atoms with Gasteiger partial charge in [-0.15, -0.1) is 0 Å². The molecule has 0 aliphatic rings. The zero-order valence-corrected chi connectivity index (χ0v) is 12.5. The SMILES string of the molecule is CCC(O)(CC)c1cc(C)nc2c1cnn2-c1ccn[nH]1. The van der Waals surface area contributed by atoms with Crippen LogP contribution in [0, 0.1) is 6.92 Å². The van der Waals surface area contributed by atoms with Crippen LogP contribution in [0.3, 0.4) is 0 Å². The van der Waals surface area contributed by atoms with Crippen molar-refractivity contribution in [3.63, 3.8) is 0 Å². The van der Waals surface area contributed by atoms with Crippen molar-refractivity contribution in [2.75, 3.05) is 0 Å². The van der Waals surface area contributed by atoms with Gasteiger partial charge in [-0.3, -0.25) is 5.10 Å². The van der Waals surface area contributed by atoms with Gasteiger partial charge in [0.1, 0.15) is 0 Å². The van der Waals surface area contributed by atoms with Gasteiger partial charge >= 0.3 is 0 Å². The zero-order chi connectivity index (χ0) is 15.0. The molecule has 6 heteroatoms. The number of aromatic nitrogens is 5. The van der Waals surface area contributed by atoms with Crippen LogP contribution in [0.15, 0.2) is 24.5 Å². The Morgan fingerprint density at radius 1 is 1.33 bits per heavy atom. The fourth-order valence-corrected chi connectivity index (χ4v) is 2.68. The molecule has 0 bridgehead atoms. The van der Waals surface area contributed by atoms with E-state index in [0.717, 1.165) is 28.1 Å². The van der Waals surface area contributed by atoms with Crippen LogP contribution in [0.25, 0.3) is 16.9 Å². The Kier molecular flexibility index (Phi) is 3.25. The number of aliphatic hydroxyl groups is 1. The summed E-state index contributed by atoms with van der Waals surface area (Å²) in [6, 6.07) is 3.79. The molecule has 0 aliphatic carbocycles. The second-order valence-electron chi connectivity index (χ2n) is 5.29. The lowest BCUT2D eigenvalue weighted by molar-refractivity contribution is 0.0298. The molecule has 0 fully saturated rings. The molecule has 0 unspecified atom stereocenters. The Morgan fingerprint density at radius 2 is 2.10 bits per heavy atom. The summed E-state index contributed by atoms with van der Waals surface area (Å²) >= 11 is 0. The van der Waals surface area contributed by atoms with E-state index in [0.29, 0.717) is 12.8 Å². The summed E-state index contributed by atoms with van der Waals surface area (Å²) in [6.07, 6.45) is 4.73. The molecule has 3 rings (SSSR count). The smallest absolute Gasteiger partial charge is 0.165 e. The first-order valence-electron chi connectivity index (χ1n) is 7.17. The maximum absolute atomic E-state index is 10.9. The van der Waals surface area contributed by atoms with Crippen molar-refractivity contribution in [2.45, 2.75) is 39.2 Å². The number of rotatable bonds is 4. The van der Waals surface area contributed by atoms with Crippen LogP contribution in [0.1, 0.15) is 37.9 Å². The van der Waals surface area contributed by atoms with E-state index >= 15 is 0 Å². The molecule has 0 saturated heterocycles. The Hall–Kier alpha value is -2.21. The topological polar surface area (TPSA) is 79.6 Å². The van der Waals surface area contributed by atoms with E-state index in [1.165, 1.54) is 0 Å². The molecular formula is C15H19N5O. The van der Waals surface area contributed by atoms with Gasteiger partial charge < -0.3 is 5.11 Å². The minimum atomic E-state index is -0.853. The molecule has 21 heavy (non-hydrogen) atoms. The molecule has 0 aliphatic heterocycles. The summed E-state index contributed by atoms with van der Waals surface area (Å²) in [4.78, 5) is 4.58. The number of hydrogen-bond donors (Lipinski definition) is 2. The van der Waals surface area contributed by atoms with Crippen molar-refractivity contribution in [1.29, 1.82) is 0 Å². The Morgan fingerprint density at radius 3 is 2.71 bits per heavy atom. The van der Waals surface area contributed by atoms with E-state index in [1.54, 1.807) is 17.1 Å². The van der Waals surface area contributed by atoms with Gasteiger partial charge in [-0.25, -0.2) is 4.98 Å². The monoisotopic (exact) mass is 285 g/mol. The summed E-state index contributed by atoms with van der Waals surface area (Å²) in [5, 5.41) is 23.0. The van der Waals surface area contributed by atoms with E-state index < -0.39 is 5.60 Å². The van der Waals surface area contributed by atoms with Crippen molar-refractivity contribution >= 4 is 11.0 Å². The molecule has 0 saturated carbocycles. The standard InChI is InChI=1S/C15H19N5O/c1-4-15(21,5-2)12-8-10(3)18-14-11(12)9-17-20(14)13-6-7-16-19-13/h6-9,21H,4-5H2,1-3H3,(H,16,19). The van der Waals surface area contributed by atoms with Crippen LogP contribution in [0.2, 0.25) is 0 Å². The van der Waals surface area contributed by atoms with Crippen LogP contribution in [-0.2, 0) is 5.60 Å². The first-order valence-corrected chi connectivity index (χ1v) is 7.17. The molecule has 110 valence electrons. The van der Waals surface area contributed by atoms with E-state index in [2.05, 4.69) is 20.3 Å². The van der Waals surface area contributed by atoms with Gasteiger partial charge in [0.05, 0.1) is 18.0 Å². The Labute approximate surface area is 122 Å². The highest BCUT2D eigenvalue weighted by Gasteiger charge is 2.28. The average molecular weight is 285 g/mol. The predicted molar refractivity (Wildman–Crippen MR) is 80.2 cm³/mol. The molecule has 3 aromatic rings. The lowest BCUT2D eigenvalue weighted by atomic mass is 9.87. The largest absolute Gasteiger partial charge is 0.385 e. The highest BCUT2D eigenvalue weighted by Crippen LogP contribution is 2.34. The van der Waals surface area contributed by atoms with Gasteiger partial charge in [0.2, 0.25) is 0 Å².